The average Bonchev–Trinajstić information content (AvgIpc) is 2.84. The van der Waals surface area contributed by atoms with Gasteiger partial charge in [-0.3, -0.25) is 4.57 Å². The van der Waals surface area contributed by atoms with Crippen LogP contribution in [0.2, 0.25) is 0 Å². The number of aromatic nitrogens is 3. The van der Waals surface area contributed by atoms with Crippen LogP contribution in [0.4, 0.5) is 0 Å². The first kappa shape index (κ1) is 9.92. The maximum Gasteiger partial charge on any atom is 0.307 e. The van der Waals surface area contributed by atoms with Crippen molar-refractivity contribution in [2.75, 3.05) is 7.05 Å². The highest BCUT2D eigenvalue weighted by Crippen LogP contribution is 2.10. The van der Waals surface area contributed by atoms with Gasteiger partial charge in [-0.05, 0) is 7.05 Å². The predicted molar refractivity (Wildman–Crippen MR) is 55.8 cm³/mol. The molecule has 2 heterocycles. The first-order valence-corrected chi connectivity index (χ1v) is 4.96. The Bertz CT molecular complexity index is 432. The molecule has 0 aliphatic heterocycles. The maximum absolute atomic E-state index is 5.38. The number of nitrogens with one attached hydrogen (secondary N) is 1. The monoisotopic (exact) mass is 206 g/mol. The van der Waals surface area contributed by atoms with Crippen molar-refractivity contribution < 1.29 is 4.42 Å². The van der Waals surface area contributed by atoms with Crippen LogP contribution >= 0.6 is 0 Å². The smallest absolute Gasteiger partial charge is 0.307 e. The topological polar surface area (TPSA) is 55.9 Å². The molecule has 0 fully saturated rings. The van der Waals surface area contributed by atoms with E-state index in [1.807, 2.05) is 17.8 Å². The van der Waals surface area contributed by atoms with E-state index in [4.69, 9.17) is 4.42 Å². The minimum atomic E-state index is 0.578. The highest BCUT2D eigenvalue weighted by molar-refractivity contribution is 5.14. The Morgan fingerprint density at radius 3 is 3.13 bits per heavy atom. The van der Waals surface area contributed by atoms with E-state index < -0.39 is 0 Å². The molecular formula is C10H14N4O. The van der Waals surface area contributed by atoms with Crippen LogP contribution in [-0.2, 0) is 13.0 Å². The molecule has 15 heavy (non-hydrogen) atoms. The summed E-state index contributed by atoms with van der Waals surface area (Å²) in [4.78, 5) is 8.56. The van der Waals surface area contributed by atoms with Gasteiger partial charge in [-0.25, -0.2) is 4.98 Å². The maximum atomic E-state index is 5.38. The van der Waals surface area contributed by atoms with Gasteiger partial charge in [0.25, 0.3) is 0 Å². The summed E-state index contributed by atoms with van der Waals surface area (Å²) in [5.41, 5.74) is 0.892. The van der Waals surface area contributed by atoms with E-state index in [-0.39, 0.29) is 0 Å². The Morgan fingerprint density at radius 1 is 1.53 bits per heavy atom. The van der Waals surface area contributed by atoms with Crippen LogP contribution in [0.15, 0.2) is 23.1 Å². The van der Waals surface area contributed by atoms with Gasteiger partial charge in [0.2, 0.25) is 0 Å². The quantitative estimate of drug-likeness (QED) is 0.815. The summed E-state index contributed by atoms with van der Waals surface area (Å²) in [5.74, 6) is 0.952. The summed E-state index contributed by atoms with van der Waals surface area (Å²) in [5, 5.41) is 3.02. The molecule has 2 aromatic rings. The fraction of sp³-hybridized carbons (Fsp3) is 0.400. The molecule has 2 rings (SSSR count). The van der Waals surface area contributed by atoms with Crippen LogP contribution in [0, 0.1) is 0 Å². The lowest BCUT2D eigenvalue weighted by Gasteiger charge is -1.98. The molecule has 0 atom stereocenters. The predicted octanol–water partition coefficient (Wildman–Crippen LogP) is 1.14. The zero-order valence-corrected chi connectivity index (χ0v) is 8.90. The zero-order valence-electron chi connectivity index (χ0n) is 8.90. The number of aryl methyl sites for hydroxylation is 1. The van der Waals surface area contributed by atoms with E-state index in [0.717, 1.165) is 17.9 Å². The Hall–Kier alpha value is -1.62. The molecule has 1 N–H and O–H groups in total. The number of nitrogens with zero attached hydrogens (tertiary/aromatic N) is 3. The van der Waals surface area contributed by atoms with Crippen LogP contribution in [0.5, 0.6) is 0 Å². The molecule has 0 aliphatic carbocycles. The van der Waals surface area contributed by atoms with E-state index in [2.05, 4.69) is 22.2 Å². The summed E-state index contributed by atoms with van der Waals surface area (Å²) in [7, 11) is 1.88. The Labute approximate surface area is 88.2 Å². The highest BCUT2D eigenvalue weighted by Gasteiger charge is 2.08. The molecule has 0 saturated heterocycles. The Kier molecular flexibility index (Phi) is 2.82. The summed E-state index contributed by atoms with van der Waals surface area (Å²) in [6.45, 7) is 2.76. The van der Waals surface area contributed by atoms with Crippen LogP contribution < -0.4 is 5.32 Å². The molecule has 0 radical (unpaired) electrons. The third-order valence-corrected chi connectivity index (χ3v) is 2.14. The van der Waals surface area contributed by atoms with Gasteiger partial charge in [0, 0.05) is 25.4 Å². The van der Waals surface area contributed by atoms with Crippen molar-refractivity contribution in [3.63, 3.8) is 0 Å². The van der Waals surface area contributed by atoms with Crippen LogP contribution in [0.3, 0.4) is 0 Å². The van der Waals surface area contributed by atoms with Gasteiger partial charge in [0.1, 0.15) is 12.1 Å². The average molecular weight is 206 g/mol. The number of hydrogen-bond acceptors (Lipinski definition) is 4. The van der Waals surface area contributed by atoms with E-state index in [9.17, 15) is 0 Å². The van der Waals surface area contributed by atoms with E-state index >= 15 is 0 Å². The van der Waals surface area contributed by atoms with Crippen molar-refractivity contribution in [3.8, 4) is 6.01 Å². The van der Waals surface area contributed by atoms with Crippen LogP contribution in [-0.4, -0.2) is 21.6 Å². The SMILES string of the molecule is CCc1nccn1-c1nc(CNC)co1. The Balaban J connectivity index is 2.28. The normalized spacial score (nSPS) is 10.8. The van der Waals surface area contributed by atoms with Crippen molar-refractivity contribution in [1.29, 1.82) is 0 Å². The molecular weight excluding hydrogens is 192 g/mol. The summed E-state index contributed by atoms with van der Waals surface area (Å²) in [6, 6.07) is 0.578. The summed E-state index contributed by atoms with van der Waals surface area (Å²) < 4.78 is 7.24. The first-order chi connectivity index (χ1) is 7.35. The van der Waals surface area contributed by atoms with Crippen molar-refractivity contribution in [2.24, 2.45) is 0 Å². The van der Waals surface area contributed by atoms with Crippen molar-refractivity contribution in [2.45, 2.75) is 19.9 Å². The van der Waals surface area contributed by atoms with Gasteiger partial charge in [-0.15, -0.1) is 0 Å². The summed E-state index contributed by atoms with van der Waals surface area (Å²) in [6.07, 6.45) is 6.12. The molecule has 0 unspecified atom stereocenters. The lowest BCUT2D eigenvalue weighted by molar-refractivity contribution is 0.520. The standard InChI is InChI=1S/C10H14N4O/c1-3-9-12-4-5-14(9)10-13-8(6-11-2)7-15-10/h4-5,7,11H,3,6H2,1-2H3. The second-order valence-corrected chi connectivity index (χ2v) is 3.22. The molecule has 0 amide bonds. The minimum Gasteiger partial charge on any atom is -0.431 e. The molecule has 0 spiro atoms. The van der Waals surface area contributed by atoms with Gasteiger partial charge in [-0.2, -0.15) is 4.98 Å². The molecule has 0 aromatic carbocycles. The Morgan fingerprint density at radius 2 is 2.40 bits per heavy atom. The van der Waals surface area contributed by atoms with Crippen LogP contribution in [0.1, 0.15) is 18.4 Å². The van der Waals surface area contributed by atoms with Crippen molar-refractivity contribution >= 4 is 0 Å². The molecule has 0 bridgehead atoms. The zero-order chi connectivity index (χ0) is 10.7. The van der Waals surface area contributed by atoms with Gasteiger partial charge in [-0.1, -0.05) is 6.92 Å². The number of oxazole rings is 1. The lowest BCUT2D eigenvalue weighted by atomic mass is 10.4. The lowest BCUT2D eigenvalue weighted by Crippen LogP contribution is -2.06. The van der Waals surface area contributed by atoms with Gasteiger partial charge >= 0.3 is 6.01 Å². The van der Waals surface area contributed by atoms with E-state index in [1.165, 1.54) is 0 Å². The minimum absolute atomic E-state index is 0.578. The van der Waals surface area contributed by atoms with Crippen molar-refractivity contribution in [3.05, 3.63) is 30.2 Å². The molecule has 0 aliphatic rings. The number of imidazole rings is 1. The second-order valence-electron chi connectivity index (χ2n) is 3.22. The summed E-state index contributed by atoms with van der Waals surface area (Å²) >= 11 is 0. The fourth-order valence-electron chi connectivity index (χ4n) is 1.44. The largest absolute Gasteiger partial charge is 0.431 e. The van der Waals surface area contributed by atoms with E-state index in [1.54, 1.807) is 12.5 Å². The molecule has 5 heteroatoms. The van der Waals surface area contributed by atoms with Crippen LogP contribution in [0.25, 0.3) is 6.01 Å². The van der Waals surface area contributed by atoms with Gasteiger partial charge < -0.3 is 9.73 Å². The highest BCUT2D eigenvalue weighted by atomic mass is 16.4. The first-order valence-electron chi connectivity index (χ1n) is 4.96. The molecule has 2 aromatic heterocycles. The number of hydrogen-bond donors (Lipinski definition) is 1. The second kappa shape index (κ2) is 4.27. The van der Waals surface area contributed by atoms with Gasteiger partial charge in [0.15, 0.2) is 0 Å². The fourth-order valence-corrected chi connectivity index (χ4v) is 1.44. The third kappa shape index (κ3) is 1.92. The molecule has 5 nitrogen and oxygen atoms in total. The van der Waals surface area contributed by atoms with Gasteiger partial charge in [0.05, 0.1) is 5.69 Å². The van der Waals surface area contributed by atoms with E-state index in [0.29, 0.717) is 12.6 Å². The van der Waals surface area contributed by atoms with Crippen molar-refractivity contribution in [1.82, 2.24) is 19.9 Å². The molecule has 0 saturated carbocycles. The molecule has 80 valence electrons. The third-order valence-electron chi connectivity index (χ3n) is 2.14. The number of rotatable bonds is 4.